The molecule has 3 rings (SSSR count). The van der Waals surface area contributed by atoms with Crippen LogP contribution < -0.4 is 5.73 Å². The van der Waals surface area contributed by atoms with Crippen molar-refractivity contribution in [3.05, 3.63) is 23.8 Å². The SMILES string of the molecule is N#Cc1cc(Sc2nnnn2C2CC2)ccc1N. The predicted molar refractivity (Wildman–Crippen MR) is 65.8 cm³/mol. The molecule has 0 unspecified atom stereocenters. The summed E-state index contributed by atoms with van der Waals surface area (Å²) in [6, 6.07) is 7.86. The smallest absolute Gasteiger partial charge is 0.214 e. The number of nitriles is 1. The Kier molecular flexibility index (Phi) is 2.64. The Morgan fingerprint density at radius 2 is 2.28 bits per heavy atom. The van der Waals surface area contributed by atoms with Crippen molar-refractivity contribution in [2.45, 2.75) is 28.9 Å². The van der Waals surface area contributed by atoms with Crippen LogP contribution >= 0.6 is 11.8 Å². The maximum absolute atomic E-state index is 8.94. The van der Waals surface area contributed by atoms with Crippen LogP contribution in [0.3, 0.4) is 0 Å². The summed E-state index contributed by atoms with van der Waals surface area (Å²) in [5, 5.41) is 21.4. The number of hydrogen-bond acceptors (Lipinski definition) is 6. The summed E-state index contributed by atoms with van der Waals surface area (Å²) >= 11 is 1.45. The number of nitrogens with two attached hydrogens (primary N) is 1. The van der Waals surface area contributed by atoms with E-state index in [9.17, 15) is 0 Å². The van der Waals surface area contributed by atoms with Gasteiger partial charge in [-0.25, -0.2) is 4.68 Å². The van der Waals surface area contributed by atoms with Crippen LogP contribution in [0.25, 0.3) is 0 Å². The molecular weight excluding hydrogens is 248 g/mol. The summed E-state index contributed by atoms with van der Waals surface area (Å²) in [6.07, 6.45) is 2.26. The van der Waals surface area contributed by atoms with Crippen molar-refractivity contribution < 1.29 is 0 Å². The minimum absolute atomic E-state index is 0.437. The largest absolute Gasteiger partial charge is 0.398 e. The second-order valence-electron chi connectivity index (χ2n) is 4.10. The number of aromatic nitrogens is 4. The molecule has 0 atom stereocenters. The van der Waals surface area contributed by atoms with Crippen LogP contribution in [0, 0.1) is 11.3 Å². The summed E-state index contributed by atoms with van der Waals surface area (Å²) in [4.78, 5) is 0.914. The first kappa shape index (κ1) is 11.0. The molecule has 1 aliphatic carbocycles. The van der Waals surface area contributed by atoms with Crippen molar-refractivity contribution in [2.24, 2.45) is 0 Å². The Morgan fingerprint density at radius 3 is 3.00 bits per heavy atom. The van der Waals surface area contributed by atoms with Gasteiger partial charge in [0, 0.05) is 10.6 Å². The number of tetrazole rings is 1. The summed E-state index contributed by atoms with van der Waals surface area (Å²) in [6.45, 7) is 0. The predicted octanol–water partition coefficient (Wildman–Crippen LogP) is 1.61. The van der Waals surface area contributed by atoms with E-state index in [0.717, 1.165) is 22.9 Å². The first-order chi connectivity index (χ1) is 8.78. The average molecular weight is 258 g/mol. The van der Waals surface area contributed by atoms with Crippen LogP contribution in [0.15, 0.2) is 28.3 Å². The minimum Gasteiger partial charge on any atom is -0.398 e. The van der Waals surface area contributed by atoms with Crippen molar-refractivity contribution in [3.8, 4) is 6.07 Å². The zero-order valence-electron chi connectivity index (χ0n) is 9.45. The van der Waals surface area contributed by atoms with Gasteiger partial charge in [-0.05, 0) is 53.2 Å². The van der Waals surface area contributed by atoms with Gasteiger partial charge in [-0.15, -0.1) is 5.10 Å². The first-order valence-electron chi connectivity index (χ1n) is 5.53. The molecule has 1 aromatic carbocycles. The molecule has 0 radical (unpaired) electrons. The van der Waals surface area contributed by atoms with Gasteiger partial charge < -0.3 is 5.73 Å². The van der Waals surface area contributed by atoms with Crippen molar-refractivity contribution in [1.29, 1.82) is 5.26 Å². The Balaban J connectivity index is 1.88. The Bertz CT molecular complexity index is 625. The van der Waals surface area contributed by atoms with Gasteiger partial charge in [0.05, 0.1) is 11.6 Å². The highest BCUT2D eigenvalue weighted by atomic mass is 32.2. The fraction of sp³-hybridized carbons (Fsp3) is 0.273. The molecule has 2 N–H and O–H groups in total. The topological polar surface area (TPSA) is 93.4 Å². The highest BCUT2D eigenvalue weighted by Gasteiger charge is 2.28. The highest BCUT2D eigenvalue weighted by Crippen LogP contribution is 2.38. The highest BCUT2D eigenvalue weighted by molar-refractivity contribution is 7.99. The second kappa shape index (κ2) is 4.31. The number of rotatable bonds is 3. The lowest BCUT2D eigenvalue weighted by Crippen LogP contribution is -1.98. The molecule has 18 heavy (non-hydrogen) atoms. The van der Waals surface area contributed by atoms with E-state index in [2.05, 4.69) is 21.6 Å². The average Bonchev–Trinajstić information content (AvgIpc) is 3.12. The van der Waals surface area contributed by atoms with Gasteiger partial charge in [0.25, 0.3) is 0 Å². The van der Waals surface area contributed by atoms with E-state index in [4.69, 9.17) is 11.0 Å². The lowest BCUT2D eigenvalue weighted by Gasteiger charge is -2.03. The summed E-state index contributed by atoms with van der Waals surface area (Å²) in [5.74, 6) is 0. The van der Waals surface area contributed by atoms with E-state index in [1.54, 1.807) is 12.1 Å². The van der Waals surface area contributed by atoms with Gasteiger partial charge in [-0.3, -0.25) is 0 Å². The molecule has 1 aliphatic rings. The molecule has 1 aromatic heterocycles. The lowest BCUT2D eigenvalue weighted by molar-refractivity contribution is 0.565. The van der Waals surface area contributed by atoms with E-state index in [1.165, 1.54) is 11.8 Å². The zero-order chi connectivity index (χ0) is 12.5. The fourth-order valence-electron chi connectivity index (χ4n) is 1.60. The molecule has 0 amide bonds. The third kappa shape index (κ3) is 2.02. The molecule has 1 fully saturated rings. The van der Waals surface area contributed by atoms with Crippen molar-refractivity contribution in [3.63, 3.8) is 0 Å². The third-order valence-electron chi connectivity index (χ3n) is 2.71. The van der Waals surface area contributed by atoms with Crippen molar-refractivity contribution in [2.75, 3.05) is 5.73 Å². The number of benzene rings is 1. The van der Waals surface area contributed by atoms with E-state index < -0.39 is 0 Å². The second-order valence-corrected chi connectivity index (χ2v) is 5.14. The maximum Gasteiger partial charge on any atom is 0.214 e. The monoisotopic (exact) mass is 258 g/mol. The first-order valence-corrected chi connectivity index (χ1v) is 6.35. The lowest BCUT2D eigenvalue weighted by atomic mass is 10.2. The number of anilines is 1. The number of nitrogens with zero attached hydrogens (tertiary/aromatic N) is 5. The standard InChI is InChI=1S/C11H10N6S/c12-6-7-5-9(3-4-10(7)13)18-11-14-15-16-17(11)8-1-2-8/h3-5,8H,1-2,13H2. The van der Waals surface area contributed by atoms with Crippen LogP contribution in [-0.2, 0) is 0 Å². The molecule has 1 saturated carbocycles. The molecule has 2 aromatic rings. The number of nitrogen functional groups attached to an aromatic ring is 1. The Morgan fingerprint density at radius 1 is 1.44 bits per heavy atom. The molecule has 1 heterocycles. The van der Waals surface area contributed by atoms with Crippen LogP contribution in [0.4, 0.5) is 5.69 Å². The molecule has 6 nitrogen and oxygen atoms in total. The normalized spacial score (nSPS) is 14.4. The molecule has 0 aliphatic heterocycles. The number of hydrogen-bond donors (Lipinski definition) is 1. The van der Waals surface area contributed by atoms with Gasteiger partial charge in [-0.2, -0.15) is 5.26 Å². The summed E-state index contributed by atoms with van der Waals surface area (Å²) in [5.41, 5.74) is 6.65. The fourth-order valence-corrected chi connectivity index (χ4v) is 2.48. The quantitative estimate of drug-likeness (QED) is 0.841. The van der Waals surface area contributed by atoms with E-state index in [1.807, 2.05) is 10.7 Å². The maximum atomic E-state index is 8.94. The van der Waals surface area contributed by atoms with E-state index in [0.29, 0.717) is 17.3 Å². The van der Waals surface area contributed by atoms with Gasteiger partial charge in [0.1, 0.15) is 6.07 Å². The van der Waals surface area contributed by atoms with E-state index >= 15 is 0 Å². The Labute approximate surface area is 108 Å². The van der Waals surface area contributed by atoms with Crippen LogP contribution in [0.1, 0.15) is 24.4 Å². The summed E-state index contributed by atoms with van der Waals surface area (Å²) in [7, 11) is 0. The molecule has 90 valence electrons. The van der Waals surface area contributed by atoms with Crippen LogP contribution in [0.5, 0.6) is 0 Å². The van der Waals surface area contributed by atoms with E-state index in [-0.39, 0.29) is 0 Å². The zero-order valence-corrected chi connectivity index (χ0v) is 10.3. The van der Waals surface area contributed by atoms with Gasteiger partial charge in [0.2, 0.25) is 5.16 Å². The van der Waals surface area contributed by atoms with Crippen LogP contribution in [-0.4, -0.2) is 20.2 Å². The van der Waals surface area contributed by atoms with Gasteiger partial charge >= 0.3 is 0 Å². The van der Waals surface area contributed by atoms with Crippen molar-refractivity contribution >= 4 is 17.4 Å². The van der Waals surface area contributed by atoms with Crippen molar-refractivity contribution in [1.82, 2.24) is 20.2 Å². The van der Waals surface area contributed by atoms with Crippen LogP contribution in [0.2, 0.25) is 0 Å². The minimum atomic E-state index is 0.437. The molecule has 7 heteroatoms. The van der Waals surface area contributed by atoms with Gasteiger partial charge in [-0.1, -0.05) is 0 Å². The van der Waals surface area contributed by atoms with Gasteiger partial charge in [0.15, 0.2) is 0 Å². The molecule has 0 saturated heterocycles. The summed E-state index contributed by atoms with van der Waals surface area (Å²) < 4.78 is 1.84. The molecule has 0 bridgehead atoms. The Hall–Kier alpha value is -2.07. The molecular formula is C11H10N6S. The molecule has 0 spiro atoms. The third-order valence-corrected chi connectivity index (χ3v) is 3.65.